The number of hydrogen-bond acceptors (Lipinski definition) is 3. The van der Waals surface area contributed by atoms with Gasteiger partial charge in [-0.15, -0.1) is 0 Å². The molecule has 33 heavy (non-hydrogen) atoms. The quantitative estimate of drug-likeness (QED) is 0.600. The molecule has 3 aliphatic rings. The molecule has 0 amide bonds. The summed E-state index contributed by atoms with van der Waals surface area (Å²) < 4.78 is 6.00. The van der Waals surface area contributed by atoms with Crippen molar-refractivity contribution in [1.29, 1.82) is 0 Å². The lowest BCUT2D eigenvalue weighted by atomic mass is 9.49. The third-order valence-electron chi connectivity index (χ3n) is 8.50. The number of ether oxygens (including phenoxy) is 1. The Hall–Kier alpha value is -2.65. The first-order valence-corrected chi connectivity index (χ1v) is 12.0. The lowest BCUT2D eigenvalue weighted by Gasteiger charge is -2.59. The Morgan fingerprint density at radius 1 is 1.12 bits per heavy atom. The van der Waals surface area contributed by atoms with Gasteiger partial charge in [-0.05, 0) is 86.4 Å². The van der Waals surface area contributed by atoms with Crippen LogP contribution in [0.4, 0.5) is 0 Å². The number of allylic oxidation sites excluding steroid dienone is 4. The molecule has 2 aromatic carbocycles. The number of likely N-dealkylation sites (N-methyl/N-ethyl adjacent to an activating group) is 1. The molecule has 2 aliphatic carbocycles. The van der Waals surface area contributed by atoms with Crippen LogP contribution in [0.15, 0.2) is 69.5 Å². The molecule has 3 nitrogen and oxygen atoms in total. The van der Waals surface area contributed by atoms with Gasteiger partial charge in [-0.3, -0.25) is 4.99 Å². The summed E-state index contributed by atoms with van der Waals surface area (Å²) in [5.41, 5.74) is 9.77. The molecule has 0 bridgehead atoms. The summed E-state index contributed by atoms with van der Waals surface area (Å²) in [6.07, 6.45) is 2.36. The fourth-order valence-electron chi connectivity index (χ4n) is 6.82. The van der Waals surface area contributed by atoms with Crippen LogP contribution in [-0.2, 0) is 15.6 Å². The summed E-state index contributed by atoms with van der Waals surface area (Å²) >= 11 is 0. The SMILES string of the molecule is CNCC1=C(OC)C2(C)N=C3C(C)=C(C=C(C)C)C(C)(C)c4c3c(cc3ccccc43)C12C. The Morgan fingerprint density at radius 3 is 2.45 bits per heavy atom. The lowest BCUT2D eigenvalue weighted by molar-refractivity contribution is 0.127. The summed E-state index contributed by atoms with van der Waals surface area (Å²) in [7, 11) is 3.80. The Balaban J connectivity index is 1.99. The molecular formula is C30H36N2O. The molecule has 0 saturated carbocycles. The first-order valence-electron chi connectivity index (χ1n) is 12.0. The summed E-state index contributed by atoms with van der Waals surface area (Å²) in [6.45, 7) is 16.8. The average molecular weight is 441 g/mol. The molecular weight excluding hydrogens is 404 g/mol. The molecule has 1 heterocycles. The summed E-state index contributed by atoms with van der Waals surface area (Å²) in [5, 5.41) is 6.01. The third kappa shape index (κ3) is 2.52. The van der Waals surface area contributed by atoms with E-state index in [1.807, 2.05) is 7.05 Å². The number of hydrogen-bond donors (Lipinski definition) is 1. The minimum Gasteiger partial charge on any atom is -0.498 e. The number of nitrogens with zero attached hydrogens (tertiary/aromatic N) is 1. The van der Waals surface area contributed by atoms with Crippen molar-refractivity contribution in [3.05, 3.63) is 81.1 Å². The van der Waals surface area contributed by atoms with Crippen LogP contribution in [-0.4, -0.2) is 32.0 Å². The second-order valence-electron chi connectivity index (χ2n) is 11.0. The zero-order chi connectivity index (χ0) is 23.9. The van der Waals surface area contributed by atoms with Crippen molar-refractivity contribution in [3.8, 4) is 0 Å². The maximum atomic E-state index is 6.00. The van der Waals surface area contributed by atoms with Crippen molar-refractivity contribution in [2.75, 3.05) is 20.7 Å². The van der Waals surface area contributed by atoms with Crippen LogP contribution in [0.2, 0.25) is 0 Å². The molecule has 3 heteroatoms. The van der Waals surface area contributed by atoms with E-state index < -0.39 is 5.54 Å². The highest BCUT2D eigenvalue weighted by molar-refractivity contribution is 6.20. The minimum atomic E-state index is -0.422. The van der Waals surface area contributed by atoms with Crippen LogP contribution in [0.1, 0.15) is 65.2 Å². The van der Waals surface area contributed by atoms with Gasteiger partial charge in [0.1, 0.15) is 11.3 Å². The molecule has 1 aliphatic heterocycles. The van der Waals surface area contributed by atoms with Gasteiger partial charge < -0.3 is 10.1 Å². The third-order valence-corrected chi connectivity index (χ3v) is 8.50. The zero-order valence-electron chi connectivity index (χ0n) is 21.5. The molecule has 2 unspecified atom stereocenters. The Kier molecular flexibility index (Phi) is 4.65. The first kappa shape index (κ1) is 22.2. The van der Waals surface area contributed by atoms with Gasteiger partial charge in [0, 0.05) is 17.5 Å². The molecule has 0 fully saturated rings. The number of benzene rings is 2. The maximum Gasteiger partial charge on any atom is 0.129 e. The van der Waals surface area contributed by atoms with E-state index in [9.17, 15) is 0 Å². The highest BCUT2D eigenvalue weighted by atomic mass is 16.5. The van der Waals surface area contributed by atoms with Gasteiger partial charge >= 0.3 is 0 Å². The molecule has 172 valence electrons. The van der Waals surface area contributed by atoms with E-state index in [1.165, 1.54) is 49.8 Å². The monoisotopic (exact) mass is 440 g/mol. The van der Waals surface area contributed by atoms with E-state index in [-0.39, 0.29) is 10.8 Å². The van der Waals surface area contributed by atoms with E-state index in [0.29, 0.717) is 0 Å². The molecule has 0 aromatic heterocycles. The second kappa shape index (κ2) is 6.93. The summed E-state index contributed by atoms with van der Waals surface area (Å²) in [4.78, 5) is 5.54. The van der Waals surface area contributed by atoms with Crippen LogP contribution >= 0.6 is 0 Å². The van der Waals surface area contributed by atoms with Gasteiger partial charge in [0.2, 0.25) is 0 Å². The topological polar surface area (TPSA) is 33.6 Å². The van der Waals surface area contributed by atoms with Crippen molar-refractivity contribution in [1.82, 2.24) is 5.32 Å². The summed E-state index contributed by atoms with van der Waals surface area (Å²) in [6, 6.07) is 11.3. The van der Waals surface area contributed by atoms with Crippen LogP contribution in [0.3, 0.4) is 0 Å². The summed E-state index contributed by atoms with van der Waals surface area (Å²) in [5.74, 6) is 1.01. The fourth-order valence-corrected chi connectivity index (χ4v) is 6.82. The Labute approximate surface area is 198 Å². The van der Waals surface area contributed by atoms with E-state index in [1.54, 1.807) is 7.11 Å². The molecule has 2 aromatic rings. The number of aliphatic imine (C=N–C) groups is 1. The van der Waals surface area contributed by atoms with E-state index in [0.717, 1.165) is 18.0 Å². The van der Waals surface area contributed by atoms with Crippen LogP contribution in [0.5, 0.6) is 0 Å². The normalized spacial score (nSPS) is 27.0. The first-order chi connectivity index (χ1) is 15.5. The molecule has 0 spiro atoms. The minimum absolute atomic E-state index is 0.129. The predicted octanol–water partition coefficient (Wildman–Crippen LogP) is 6.37. The van der Waals surface area contributed by atoms with E-state index in [4.69, 9.17) is 9.73 Å². The molecule has 1 N–H and O–H groups in total. The van der Waals surface area contributed by atoms with Crippen molar-refractivity contribution in [3.63, 3.8) is 0 Å². The standard InChI is InChI=1S/C30H36N2O/c1-17(2)14-21-18(3)26-24-22(15-19-12-10-11-13-20(19)25(24)28(21,4)5)29(6)23(16-31-8)27(33-9)30(29,7)32-26/h10-15,31H,16H2,1-9H3. The van der Waals surface area contributed by atoms with Gasteiger partial charge in [0.05, 0.1) is 18.2 Å². The lowest BCUT2D eigenvalue weighted by Crippen LogP contribution is -2.63. The van der Waals surface area contributed by atoms with Gasteiger partial charge in [0.25, 0.3) is 0 Å². The van der Waals surface area contributed by atoms with Crippen molar-refractivity contribution >= 4 is 16.5 Å². The van der Waals surface area contributed by atoms with Crippen molar-refractivity contribution in [2.45, 2.75) is 64.8 Å². The van der Waals surface area contributed by atoms with E-state index in [2.05, 4.69) is 90.2 Å². The smallest absolute Gasteiger partial charge is 0.129 e. The van der Waals surface area contributed by atoms with Gasteiger partial charge in [-0.2, -0.15) is 0 Å². The molecule has 5 rings (SSSR count). The van der Waals surface area contributed by atoms with Crippen molar-refractivity contribution < 1.29 is 4.74 Å². The average Bonchev–Trinajstić information content (AvgIpc) is 2.77. The highest BCUT2D eigenvalue weighted by Crippen LogP contribution is 2.63. The number of nitrogens with one attached hydrogen (secondary N) is 1. The molecule has 0 saturated heterocycles. The van der Waals surface area contributed by atoms with Gasteiger partial charge in [-0.25, -0.2) is 0 Å². The van der Waals surface area contributed by atoms with Crippen LogP contribution in [0, 0.1) is 0 Å². The highest BCUT2D eigenvalue weighted by Gasteiger charge is 2.65. The van der Waals surface area contributed by atoms with Gasteiger partial charge in [0.15, 0.2) is 0 Å². The van der Waals surface area contributed by atoms with Crippen LogP contribution in [0.25, 0.3) is 10.8 Å². The van der Waals surface area contributed by atoms with Gasteiger partial charge in [-0.1, -0.05) is 49.8 Å². The van der Waals surface area contributed by atoms with E-state index >= 15 is 0 Å². The fraction of sp³-hybridized carbons (Fsp3) is 0.433. The zero-order valence-corrected chi connectivity index (χ0v) is 21.5. The number of fused-ring (bicyclic) bond motifs is 4. The largest absolute Gasteiger partial charge is 0.498 e. The maximum absolute atomic E-state index is 6.00. The van der Waals surface area contributed by atoms with Crippen molar-refractivity contribution in [2.24, 2.45) is 4.99 Å². The Morgan fingerprint density at radius 2 is 1.82 bits per heavy atom. The number of methoxy groups -OCH3 is 1. The molecule has 0 radical (unpaired) electrons. The molecule has 2 atom stereocenters. The Bertz CT molecular complexity index is 1330. The predicted molar refractivity (Wildman–Crippen MR) is 139 cm³/mol. The number of rotatable bonds is 4. The van der Waals surface area contributed by atoms with Crippen LogP contribution < -0.4 is 5.32 Å². The second-order valence-corrected chi connectivity index (χ2v) is 11.0.